The number of fused-ring (bicyclic) bond motifs is 1. The molecule has 1 aromatic carbocycles. The molecule has 0 bridgehead atoms. The maximum atomic E-state index is 12.3. The first-order valence-electron chi connectivity index (χ1n) is 10.2. The monoisotopic (exact) mass is 372 g/mol. The zero-order valence-corrected chi connectivity index (χ0v) is 16.3. The molecule has 0 radical (unpaired) electrons. The molecule has 1 aliphatic carbocycles. The van der Waals surface area contributed by atoms with Gasteiger partial charge in [0.25, 0.3) is 5.91 Å². The SMILES string of the molecule is O=C(C[NH+]1CCC(c2nc3ccccc3s2)CC1)NCC1CCCCC1. The third kappa shape index (κ3) is 4.44. The van der Waals surface area contributed by atoms with Gasteiger partial charge in [-0.2, -0.15) is 0 Å². The van der Waals surface area contributed by atoms with Crippen LogP contribution in [0.15, 0.2) is 24.3 Å². The fourth-order valence-electron chi connectivity index (χ4n) is 4.45. The van der Waals surface area contributed by atoms with Crippen molar-refractivity contribution in [2.24, 2.45) is 5.92 Å². The Labute approximate surface area is 160 Å². The van der Waals surface area contributed by atoms with E-state index in [2.05, 4.69) is 29.6 Å². The topological polar surface area (TPSA) is 46.4 Å². The molecule has 0 atom stereocenters. The van der Waals surface area contributed by atoms with E-state index in [1.54, 1.807) is 0 Å². The normalized spacial score (nSPS) is 24.6. The maximum Gasteiger partial charge on any atom is 0.275 e. The van der Waals surface area contributed by atoms with Crippen LogP contribution in [0.2, 0.25) is 0 Å². The summed E-state index contributed by atoms with van der Waals surface area (Å²) in [5.74, 6) is 1.53. The van der Waals surface area contributed by atoms with Gasteiger partial charge in [-0.25, -0.2) is 4.98 Å². The first-order chi connectivity index (χ1) is 12.8. The minimum atomic E-state index is 0.240. The third-order valence-corrected chi connectivity index (χ3v) is 7.27. The van der Waals surface area contributed by atoms with Crippen LogP contribution in [0.4, 0.5) is 0 Å². The van der Waals surface area contributed by atoms with E-state index in [0.29, 0.717) is 18.4 Å². The molecule has 2 heterocycles. The number of para-hydroxylation sites is 1. The fourth-order valence-corrected chi connectivity index (χ4v) is 5.59. The lowest BCUT2D eigenvalue weighted by Crippen LogP contribution is -3.14. The number of carbonyl (C=O) groups excluding carboxylic acids is 1. The van der Waals surface area contributed by atoms with Crippen molar-refractivity contribution in [3.63, 3.8) is 0 Å². The Balaban J connectivity index is 1.22. The van der Waals surface area contributed by atoms with E-state index in [-0.39, 0.29) is 5.91 Å². The van der Waals surface area contributed by atoms with Crippen LogP contribution >= 0.6 is 11.3 Å². The van der Waals surface area contributed by atoms with Crippen LogP contribution in [0.3, 0.4) is 0 Å². The Morgan fingerprint density at radius 3 is 2.65 bits per heavy atom. The Hall–Kier alpha value is -1.46. The van der Waals surface area contributed by atoms with Gasteiger partial charge >= 0.3 is 0 Å². The van der Waals surface area contributed by atoms with Crippen molar-refractivity contribution >= 4 is 27.5 Å². The van der Waals surface area contributed by atoms with Crippen LogP contribution in [0.1, 0.15) is 55.9 Å². The van der Waals surface area contributed by atoms with Gasteiger partial charge in [-0.05, 0) is 30.9 Å². The number of hydrogen-bond donors (Lipinski definition) is 2. The van der Waals surface area contributed by atoms with Crippen molar-refractivity contribution in [2.75, 3.05) is 26.2 Å². The van der Waals surface area contributed by atoms with Gasteiger partial charge < -0.3 is 10.2 Å². The molecule has 2 fully saturated rings. The summed E-state index contributed by atoms with van der Waals surface area (Å²) in [6.45, 7) is 3.69. The van der Waals surface area contributed by atoms with E-state index in [4.69, 9.17) is 4.98 Å². The summed E-state index contributed by atoms with van der Waals surface area (Å²) in [5, 5.41) is 4.47. The second kappa shape index (κ2) is 8.49. The molecule has 140 valence electrons. The quantitative estimate of drug-likeness (QED) is 0.848. The first-order valence-corrected chi connectivity index (χ1v) is 11.1. The van der Waals surface area contributed by atoms with Crippen LogP contribution in [0.25, 0.3) is 10.2 Å². The zero-order chi connectivity index (χ0) is 17.8. The molecule has 1 saturated carbocycles. The minimum Gasteiger partial charge on any atom is -0.351 e. The van der Waals surface area contributed by atoms with Crippen LogP contribution in [0, 0.1) is 5.92 Å². The molecule has 1 saturated heterocycles. The molecule has 4 rings (SSSR count). The van der Waals surface area contributed by atoms with Gasteiger partial charge in [0.15, 0.2) is 6.54 Å². The largest absolute Gasteiger partial charge is 0.351 e. The second-order valence-corrected chi connectivity index (χ2v) is 9.09. The van der Waals surface area contributed by atoms with Gasteiger partial charge in [-0.15, -0.1) is 11.3 Å². The maximum absolute atomic E-state index is 12.3. The Morgan fingerprint density at radius 2 is 1.88 bits per heavy atom. The van der Waals surface area contributed by atoms with E-state index in [9.17, 15) is 4.79 Å². The van der Waals surface area contributed by atoms with Gasteiger partial charge in [-0.1, -0.05) is 31.4 Å². The number of hydrogen-bond acceptors (Lipinski definition) is 3. The van der Waals surface area contributed by atoms with Crippen LogP contribution in [0.5, 0.6) is 0 Å². The van der Waals surface area contributed by atoms with Crippen molar-refractivity contribution in [2.45, 2.75) is 50.9 Å². The summed E-state index contributed by atoms with van der Waals surface area (Å²) >= 11 is 1.84. The summed E-state index contributed by atoms with van der Waals surface area (Å²) in [7, 11) is 0. The van der Waals surface area contributed by atoms with Crippen molar-refractivity contribution in [3.05, 3.63) is 29.3 Å². The molecule has 4 nitrogen and oxygen atoms in total. The fraction of sp³-hybridized carbons (Fsp3) is 0.619. The average Bonchev–Trinajstić information content (AvgIpc) is 3.12. The third-order valence-electron chi connectivity index (χ3n) is 6.08. The molecule has 1 amide bonds. The van der Waals surface area contributed by atoms with Gasteiger partial charge in [0.1, 0.15) is 0 Å². The Morgan fingerprint density at radius 1 is 1.12 bits per heavy atom. The van der Waals surface area contributed by atoms with Crippen molar-refractivity contribution in [1.29, 1.82) is 0 Å². The van der Waals surface area contributed by atoms with Gasteiger partial charge in [0.05, 0.1) is 28.3 Å². The number of benzene rings is 1. The highest BCUT2D eigenvalue weighted by Crippen LogP contribution is 2.31. The minimum absolute atomic E-state index is 0.240. The summed E-state index contributed by atoms with van der Waals surface area (Å²) in [6.07, 6.45) is 8.92. The summed E-state index contributed by atoms with van der Waals surface area (Å²) < 4.78 is 1.29. The number of piperidine rings is 1. The van der Waals surface area contributed by atoms with E-state index >= 15 is 0 Å². The highest BCUT2D eigenvalue weighted by Gasteiger charge is 2.27. The number of thiazole rings is 1. The number of aromatic nitrogens is 1. The summed E-state index contributed by atoms with van der Waals surface area (Å²) in [5.41, 5.74) is 1.13. The molecule has 1 aromatic heterocycles. The molecule has 2 N–H and O–H groups in total. The number of amides is 1. The van der Waals surface area contributed by atoms with Crippen molar-refractivity contribution < 1.29 is 9.69 Å². The molecule has 26 heavy (non-hydrogen) atoms. The first kappa shape index (κ1) is 17.9. The van der Waals surface area contributed by atoms with Crippen molar-refractivity contribution in [1.82, 2.24) is 10.3 Å². The van der Waals surface area contributed by atoms with Gasteiger partial charge in [0.2, 0.25) is 0 Å². The smallest absolute Gasteiger partial charge is 0.275 e. The molecule has 0 unspecified atom stereocenters. The molecular formula is C21H30N3OS+. The van der Waals surface area contributed by atoms with E-state index in [1.165, 1.54) is 46.7 Å². The number of nitrogens with zero attached hydrogens (tertiary/aromatic N) is 1. The molecule has 2 aliphatic rings. The van der Waals surface area contributed by atoms with E-state index < -0.39 is 0 Å². The highest BCUT2D eigenvalue weighted by molar-refractivity contribution is 7.18. The molecule has 0 spiro atoms. The lowest BCUT2D eigenvalue weighted by atomic mass is 9.89. The van der Waals surface area contributed by atoms with Crippen molar-refractivity contribution in [3.8, 4) is 0 Å². The van der Waals surface area contributed by atoms with Gasteiger partial charge in [-0.3, -0.25) is 4.79 Å². The number of rotatable bonds is 5. The highest BCUT2D eigenvalue weighted by atomic mass is 32.1. The van der Waals surface area contributed by atoms with Crippen LogP contribution in [-0.2, 0) is 4.79 Å². The van der Waals surface area contributed by atoms with Crippen LogP contribution < -0.4 is 10.2 Å². The molecule has 2 aromatic rings. The number of nitrogens with one attached hydrogen (secondary N) is 2. The summed E-state index contributed by atoms with van der Waals surface area (Å²) in [4.78, 5) is 18.5. The number of quaternary nitrogens is 1. The van der Waals surface area contributed by atoms with E-state index in [1.807, 2.05) is 11.3 Å². The Bertz CT molecular complexity index is 697. The zero-order valence-electron chi connectivity index (χ0n) is 15.5. The number of carbonyl (C=O) groups is 1. The lowest BCUT2D eigenvalue weighted by molar-refractivity contribution is -0.897. The second-order valence-electron chi connectivity index (χ2n) is 8.03. The average molecular weight is 373 g/mol. The van der Waals surface area contributed by atoms with Gasteiger partial charge in [0, 0.05) is 25.3 Å². The predicted molar refractivity (Wildman–Crippen MR) is 107 cm³/mol. The summed E-state index contributed by atoms with van der Waals surface area (Å²) in [6, 6.07) is 8.41. The Kier molecular flexibility index (Phi) is 5.85. The van der Waals surface area contributed by atoms with E-state index in [0.717, 1.165) is 38.0 Å². The molecule has 1 aliphatic heterocycles. The number of likely N-dealkylation sites (tertiary alicyclic amines) is 1. The van der Waals surface area contributed by atoms with Crippen LogP contribution in [-0.4, -0.2) is 37.1 Å². The molecule has 5 heteroatoms. The predicted octanol–water partition coefficient (Wildman–Crippen LogP) is 2.76. The lowest BCUT2D eigenvalue weighted by Gasteiger charge is -2.28. The standard InChI is InChI=1S/C21H29N3OS/c25-20(22-14-16-6-2-1-3-7-16)15-24-12-10-17(11-13-24)21-23-18-8-4-5-9-19(18)26-21/h4-5,8-9,16-17H,1-3,6-7,10-15H2,(H,22,25)/p+1. The molecular weight excluding hydrogens is 342 g/mol.